The third kappa shape index (κ3) is 2.96. The van der Waals surface area contributed by atoms with Gasteiger partial charge in [-0.25, -0.2) is 0 Å². The average Bonchev–Trinajstić information content (AvgIpc) is 2.94. The number of rotatable bonds is 5. The molecule has 0 aliphatic rings. The first-order valence-electron chi connectivity index (χ1n) is 5.99. The lowest BCUT2D eigenvalue weighted by Crippen LogP contribution is -2.17. The molecule has 0 saturated heterocycles. The van der Waals surface area contributed by atoms with Crippen LogP contribution < -0.4 is 5.32 Å². The molecule has 0 aromatic carbocycles. The van der Waals surface area contributed by atoms with Crippen molar-refractivity contribution < 1.29 is 0 Å². The molecule has 2 heterocycles. The van der Waals surface area contributed by atoms with Crippen LogP contribution in [0.4, 0.5) is 0 Å². The lowest BCUT2D eigenvalue weighted by atomic mass is 10.2. The van der Waals surface area contributed by atoms with Gasteiger partial charge in [0.05, 0.1) is 5.69 Å². The lowest BCUT2D eigenvalue weighted by molar-refractivity contribution is 0.580. The molecule has 2 aromatic heterocycles. The third-order valence-corrected chi connectivity index (χ3v) is 3.95. The average molecular weight is 249 g/mol. The van der Waals surface area contributed by atoms with Crippen LogP contribution in [-0.2, 0) is 20.0 Å². The molecule has 1 atom stereocenters. The van der Waals surface area contributed by atoms with E-state index in [2.05, 4.69) is 48.0 Å². The summed E-state index contributed by atoms with van der Waals surface area (Å²) in [5.74, 6) is 0. The Bertz CT molecular complexity index is 459. The van der Waals surface area contributed by atoms with Gasteiger partial charge in [-0.05, 0) is 24.8 Å². The van der Waals surface area contributed by atoms with E-state index in [4.69, 9.17) is 0 Å². The SMILES string of the molecule is CCc1nn(C)cc1CN[C@@H](C)c1cccs1. The normalized spacial score (nSPS) is 12.9. The Morgan fingerprint density at radius 1 is 1.53 bits per heavy atom. The lowest BCUT2D eigenvalue weighted by Gasteiger charge is -2.11. The van der Waals surface area contributed by atoms with E-state index in [0.29, 0.717) is 6.04 Å². The summed E-state index contributed by atoms with van der Waals surface area (Å²) in [5.41, 5.74) is 2.50. The Balaban J connectivity index is 1.97. The van der Waals surface area contributed by atoms with Crippen molar-refractivity contribution in [3.63, 3.8) is 0 Å². The minimum absolute atomic E-state index is 0.403. The van der Waals surface area contributed by atoms with Crippen LogP contribution in [0.2, 0.25) is 0 Å². The first-order valence-corrected chi connectivity index (χ1v) is 6.86. The van der Waals surface area contributed by atoms with Gasteiger partial charge >= 0.3 is 0 Å². The Hall–Kier alpha value is -1.13. The largest absolute Gasteiger partial charge is 0.305 e. The molecule has 0 aliphatic carbocycles. The van der Waals surface area contributed by atoms with Crippen molar-refractivity contribution in [2.24, 2.45) is 7.05 Å². The van der Waals surface area contributed by atoms with E-state index < -0.39 is 0 Å². The topological polar surface area (TPSA) is 29.9 Å². The minimum Gasteiger partial charge on any atom is -0.305 e. The van der Waals surface area contributed by atoms with Gasteiger partial charge in [0, 0.05) is 36.3 Å². The Labute approximate surface area is 106 Å². The van der Waals surface area contributed by atoms with Crippen LogP contribution >= 0.6 is 11.3 Å². The quantitative estimate of drug-likeness (QED) is 0.883. The standard InChI is InChI=1S/C13H19N3S/c1-4-12-11(9-16(3)15-12)8-14-10(2)13-6-5-7-17-13/h5-7,9-10,14H,4,8H2,1-3H3/t10-/m0/s1. The Kier molecular flexibility index (Phi) is 3.97. The van der Waals surface area contributed by atoms with Crippen molar-refractivity contribution >= 4 is 11.3 Å². The van der Waals surface area contributed by atoms with E-state index in [1.54, 1.807) is 11.3 Å². The minimum atomic E-state index is 0.403. The predicted molar refractivity (Wildman–Crippen MR) is 72.2 cm³/mol. The van der Waals surface area contributed by atoms with Gasteiger partial charge in [-0.3, -0.25) is 4.68 Å². The van der Waals surface area contributed by atoms with Crippen LogP contribution in [0.15, 0.2) is 23.7 Å². The molecule has 17 heavy (non-hydrogen) atoms. The second-order valence-corrected chi connectivity index (χ2v) is 5.23. The summed E-state index contributed by atoms with van der Waals surface area (Å²) in [6, 6.07) is 4.67. The molecule has 0 fully saturated rings. The Morgan fingerprint density at radius 3 is 3.00 bits per heavy atom. The highest BCUT2D eigenvalue weighted by molar-refractivity contribution is 7.10. The number of aryl methyl sites for hydroxylation is 2. The summed E-state index contributed by atoms with van der Waals surface area (Å²) < 4.78 is 1.89. The number of aromatic nitrogens is 2. The van der Waals surface area contributed by atoms with E-state index in [9.17, 15) is 0 Å². The molecule has 92 valence electrons. The highest BCUT2D eigenvalue weighted by atomic mass is 32.1. The molecule has 2 aromatic rings. The second-order valence-electron chi connectivity index (χ2n) is 4.25. The van der Waals surface area contributed by atoms with Crippen LogP contribution in [0.1, 0.15) is 36.0 Å². The molecule has 0 amide bonds. The maximum Gasteiger partial charge on any atom is 0.0666 e. The van der Waals surface area contributed by atoms with Gasteiger partial charge in [-0.15, -0.1) is 11.3 Å². The number of hydrogen-bond acceptors (Lipinski definition) is 3. The highest BCUT2D eigenvalue weighted by Gasteiger charge is 2.09. The van der Waals surface area contributed by atoms with Gasteiger partial charge in [0.25, 0.3) is 0 Å². The zero-order chi connectivity index (χ0) is 12.3. The van der Waals surface area contributed by atoms with Crippen LogP contribution in [0.25, 0.3) is 0 Å². The fraction of sp³-hybridized carbons (Fsp3) is 0.462. The number of hydrogen-bond donors (Lipinski definition) is 1. The second kappa shape index (κ2) is 5.47. The molecule has 1 N–H and O–H groups in total. The molecule has 0 unspecified atom stereocenters. The molecule has 0 bridgehead atoms. The smallest absolute Gasteiger partial charge is 0.0666 e. The van der Waals surface area contributed by atoms with Gasteiger partial charge < -0.3 is 5.32 Å². The molecule has 0 spiro atoms. The van der Waals surface area contributed by atoms with Crippen molar-refractivity contribution in [1.29, 1.82) is 0 Å². The van der Waals surface area contributed by atoms with E-state index in [1.165, 1.54) is 16.1 Å². The van der Waals surface area contributed by atoms with Crippen LogP contribution in [-0.4, -0.2) is 9.78 Å². The summed E-state index contributed by atoms with van der Waals surface area (Å²) in [4.78, 5) is 1.38. The summed E-state index contributed by atoms with van der Waals surface area (Å²) in [5, 5.41) is 10.1. The van der Waals surface area contributed by atoms with Gasteiger partial charge in [-0.2, -0.15) is 5.10 Å². The number of nitrogens with one attached hydrogen (secondary N) is 1. The molecular weight excluding hydrogens is 230 g/mol. The zero-order valence-electron chi connectivity index (χ0n) is 10.6. The van der Waals surface area contributed by atoms with Crippen molar-refractivity contribution in [3.8, 4) is 0 Å². The monoisotopic (exact) mass is 249 g/mol. The van der Waals surface area contributed by atoms with Gasteiger partial charge in [0.1, 0.15) is 0 Å². The molecular formula is C13H19N3S. The van der Waals surface area contributed by atoms with Crippen LogP contribution in [0, 0.1) is 0 Å². The van der Waals surface area contributed by atoms with E-state index in [1.807, 2.05) is 11.7 Å². The Morgan fingerprint density at radius 2 is 2.35 bits per heavy atom. The van der Waals surface area contributed by atoms with E-state index in [0.717, 1.165) is 13.0 Å². The molecule has 0 saturated carbocycles. The van der Waals surface area contributed by atoms with E-state index in [-0.39, 0.29) is 0 Å². The van der Waals surface area contributed by atoms with Crippen molar-refractivity contribution in [2.45, 2.75) is 32.9 Å². The van der Waals surface area contributed by atoms with Crippen molar-refractivity contribution in [3.05, 3.63) is 39.8 Å². The number of nitrogens with zero attached hydrogens (tertiary/aromatic N) is 2. The van der Waals surface area contributed by atoms with E-state index >= 15 is 0 Å². The maximum atomic E-state index is 4.45. The fourth-order valence-electron chi connectivity index (χ4n) is 1.93. The first-order chi connectivity index (χ1) is 8.20. The summed E-state index contributed by atoms with van der Waals surface area (Å²) in [6.45, 7) is 5.23. The first kappa shape index (κ1) is 12.3. The van der Waals surface area contributed by atoms with Gasteiger partial charge in [-0.1, -0.05) is 13.0 Å². The van der Waals surface area contributed by atoms with Crippen molar-refractivity contribution in [2.75, 3.05) is 0 Å². The summed E-state index contributed by atoms with van der Waals surface area (Å²) in [7, 11) is 1.98. The molecule has 0 radical (unpaired) electrons. The van der Waals surface area contributed by atoms with Crippen LogP contribution in [0.3, 0.4) is 0 Å². The summed E-state index contributed by atoms with van der Waals surface area (Å²) >= 11 is 1.80. The number of thiophene rings is 1. The summed E-state index contributed by atoms with van der Waals surface area (Å²) in [6.07, 6.45) is 3.10. The fourth-order valence-corrected chi connectivity index (χ4v) is 2.69. The zero-order valence-corrected chi connectivity index (χ0v) is 11.4. The molecule has 4 heteroatoms. The van der Waals surface area contributed by atoms with Crippen molar-refractivity contribution in [1.82, 2.24) is 15.1 Å². The molecule has 2 rings (SSSR count). The molecule has 3 nitrogen and oxygen atoms in total. The highest BCUT2D eigenvalue weighted by Crippen LogP contribution is 2.19. The third-order valence-electron chi connectivity index (χ3n) is 2.90. The molecule has 0 aliphatic heterocycles. The van der Waals surface area contributed by atoms with Gasteiger partial charge in [0.2, 0.25) is 0 Å². The maximum absolute atomic E-state index is 4.45. The van der Waals surface area contributed by atoms with Crippen LogP contribution in [0.5, 0.6) is 0 Å². The predicted octanol–water partition coefficient (Wildman–Crippen LogP) is 2.89. The van der Waals surface area contributed by atoms with Gasteiger partial charge in [0.15, 0.2) is 0 Å².